The summed E-state index contributed by atoms with van der Waals surface area (Å²) < 4.78 is 19.1. The van der Waals surface area contributed by atoms with E-state index in [0.29, 0.717) is 30.7 Å². The molecule has 5 nitrogen and oxygen atoms in total. The second-order valence-corrected chi connectivity index (χ2v) is 6.69. The van der Waals surface area contributed by atoms with Crippen molar-refractivity contribution in [2.24, 2.45) is 4.99 Å². The highest BCUT2D eigenvalue weighted by Gasteiger charge is 2.07. The summed E-state index contributed by atoms with van der Waals surface area (Å²) in [4.78, 5) is 10.1. The van der Waals surface area contributed by atoms with Crippen LogP contribution in [0.5, 0.6) is 11.6 Å². The maximum absolute atomic E-state index is 13.4. The van der Waals surface area contributed by atoms with Gasteiger partial charge in [-0.05, 0) is 36.6 Å². The molecule has 1 aromatic carbocycles. The van der Waals surface area contributed by atoms with Gasteiger partial charge in [0.15, 0.2) is 5.96 Å². The van der Waals surface area contributed by atoms with Crippen LogP contribution in [0.4, 0.5) is 4.39 Å². The average Bonchev–Trinajstić information content (AvgIpc) is 3.19. The van der Waals surface area contributed by atoms with Crippen LogP contribution < -0.4 is 15.4 Å². The first kappa shape index (κ1) is 18.8. The van der Waals surface area contributed by atoms with Gasteiger partial charge in [0.05, 0.1) is 13.1 Å². The van der Waals surface area contributed by atoms with Crippen molar-refractivity contribution in [2.45, 2.75) is 20.0 Å². The van der Waals surface area contributed by atoms with E-state index in [-0.39, 0.29) is 5.82 Å². The Morgan fingerprint density at radius 1 is 1.19 bits per heavy atom. The molecule has 3 rings (SSSR count). The number of nitrogens with one attached hydrogen (secondary N) is 2. The van der Waals surface area contributed by atoms with Crippen molar-refractivity contribution in [1.29, 1.82) is 0 Å². The Bertz CT molecular complexity index is 883. The van der Waals surface area contributed by atoms with Crippen molar-refractivity contribution < 1.29 is 9.13 Å². The first-order valence-corrected chi connectivity index (χ1v) is 9.54. The van der Waals surface area contributed by atoms with Crippen molar-refractivity contribution >= 4 is 17.3 Å². The largest absolute Gasteiger partial charge is 0.439 e. The molecular weight excluding hydrogens is 363 g/mol. The molecule has 3 aromatic rings. The highest BCUT2D eigenvalue weighted by molar-refractivity contribution is 7.09. The van der Waals surface area contributed by atoms with Crippen LogP contribution in [0.3, 0.4) is 0 Å². The molecule has 0 atom stereocenters. The minimum absolute atomic E-state index is 0.352. The van der Waals surface area contributed by atoms with Crippen LogP contribution in [0.25, 0.3) is 0 Å². The van der Waals surface area contributed by atoms with E-state index in [1.54, 1.807) is 29.7 Å². The Balaban J connectivity index is 1.70. The number of rotatable bonds is 7. The van der Waals surface area contributed by atoms with E-state index in [1.807, 2.05) is 30.5 Å². The van der Waals surface area contributed by atoms with Gasteiger partial charge in [-0.1, -0.05) is 18.2 Å². The molecular formula is C20H21FN4OS. The summed E-state index contributed by atoms with van der Waals surface area (Å²) in [6.07, 6.45) is 1.64. The number of halogens is 1. The molecule has 7 heteroatoms. The predicted molar refractivity (Wildman–Crippen MR) is 107 cm³/mol. The summed E-state index contributed by atoms with van der Waals surface area (Å²) in [5, 5.41) is 8.58. The zero-order valence-corrected chi connectivity index (χ0v) is 15.8. The molecule has 2 aromatic heterocycles. The summed E-state index contributed by atoms with van der Waals surface area (Å²) in [5.41, 5.74) is 0.815. The van der Waals surface area contributed by atoms with E-state index < -0.39 is 0 Å². The maximum atomic E-state index is 13.4. The Labute approximate surface area is 162 Å². The third-order valence-corrected chi connectivity index (χ3v) is 4.50. The van der Waals surface area contributed by atoms with Gasteiger partial charge in [-0.25, -0.2) is 14.4 Å². The second-order valence-electron chi connectivity index (χ2n) is 5.66. The third kappa shape index (κ3) is 5.79. The number of hydrogen-bond acceptors (Lipinski definition) is 4. The number of thiophene rings is 1. The number of ether oxygens (including phenoxy) is 1. The molecule has 0 fully saturated rings. The minimum Gasteiger partial charge on any atom is -0.439 e. The summed E-state index contributed by atoms with van der Waals surface area (Å²) in [6.45, 7) is 3.88. The van der Waals surface area contributed by atoms with Crippen molar-refractivity contribution in [3.05, 3.63) is 76.4 Å². The van der Waals surface area contributed by atoms with Gasteiger partial charge in [0.1, 0.15) is 11.6 Å². The summed E-state index contributed by atoms with van der Waals surface area (Å²) >= 11 is 1.70. The zero-order valence-electron chi connectivity index (χ0n) is 15.0. The van der Waals surface area contributed by atoms with Crippen molar-refractivity contribution in [3.63, 3.8) is 0 Å². The van der Waals surface area contributed by atoms with Gasteiger partial charge in [0, 0.05) is 29.2 Å². The van der Waals surface area contributed by atoms with Crippen molar-refractivity contribution in [2.75, 3.05) is 6.54 Å². The normalized spacial score (nSPS) is 11.3. The Hall–Kier alpha value is -2.93. The number of aromatic nitrogens is 1. The monoisotopic (exact) mass is 384 g/mol. The second kappa shape index (κ2) is 9.68. The first-order chi connectivity index (χ1) is 13.2. The van der Waals surface area contributed by atoms with Gasteiger partial charge >= 0.3 is 0 Å². The number of guanidine groups is 1. The molecule has 0 unspecified atom stereocenters. The van der Waals surface area contributed by atoms with Crippen LogP contribution in [0.1, 0.15) is 17.4 Å². The molecule has 0 aliphatic carbocycles. The molecule has 2 N–H and O–H groups in total. The minimum atomic E-state index is -0.352. The fourth-order valence-corrected chi connectivity index (χ4v) is 3.01. The first-order valence-electron chi connectivity index (χ1n) is 8.66. The lowest BCUT2D eigenvalue weighted by atomic mass is 10.2. The molecule has 0 radical (unpaired) electrons. The van der Waals surface area contributed by atoms with Crippen molar-refractivity contribution in [1.82, 2.24) is 15.6 Å². The summed E-state index contributed by atoms with van der Waals surface area (Å²) in [7, 11) is 0. The molecule has 0 amide bonds. The fourth-order valence-electron chi connectivity index (χ4n) is 2.37. The zero-order chi connectivity index (χ0) is 18.9. The van der Waals surface area contributed by atoms with Crippen LogP contribution in [0, 0.1) is 5.82 Å². The van der Waals surface area contributed by atoms with E-state index in [9.17, 15) is 4.39 Å². The number of pyridine rings is 1. The Morgan fingerprint density at radius 3 is 2.89 bits per heavy atom. The van der Waals surface area contributed by atoms with E-state index in [1.165, 1.54) is 17.0 Å². The van der Waals surface area contributed by atoms with Crippen LogP contribution >= 0.6 is 11.3 Å². The van der Waals surface area contributed by atoms with Gasteiger partial charge in [-0.15, -0.1) is 11.3 Å². The lowest BCUT2D eigenvalue weighted by Gasteiger charge is -2.12. The summed E-state index contributed by atoms with van der Waals surface area (Å²) in [5.74, 6) is 1.18. The standard InChI is InChI=1S/C20H21FN4OS/c1-2-22-20(25-14-18-9-5-11-27-18)24-13-15-6-4-10-23-19(15)26-17-8-3-7-16(21)12-17/h3-12H,2,13-14H2,1H3,(H2,22,24,25). The van der Waals surface area contributed by atoms with E-state index >= 15 is 0 Å². The van der Waals surface area contributed by atoms with Crippen molar-refractivity contribution in [3.8, 4) is 11.6 Å². The number of benzene rings is 1. The molecule has 0 saturated heterocycles. The quantitative estimate of drug-likeness (QED) is 0.470. The van der Waals surface area contributed by atoms with Crippen LogP contribution in [-0.2, 0) is 13.1 Å². The molecule has 0 aliphatic rings. The van der Waals surface area contributed by atoms with Gasteiger partial charge in [-0.2, -0.15) is 0 Å². The number of hydrogen-bond donors (Lipinski definition) is 2. The topological polar surface area (TPSA) is 58.5 Å². The van der Waals surface area contributed by atoms with Crippen LogP contribution in [0.2, 0.25) is 0 Å². The average molecular weight is 384 g/mol. The number of aliphatic imine (C=N–C) groups is 1. The SMILES string of the molecule is CCNC(=NCc1cccnc1Oc1cccc(F)c1)NCc1cccs1. The Kier molecular flexibility index (Phi) is 6.76. The smallest absolute Gasteiger partial charge is 0.224 e. The Morgan fingerprint density at radius 2 is 2.11 bits per heavy atom. The molecule has 0 saturated carbocycles. The maximum Gasteiger partial charge on any atom is 0.224 e. The fraction of sp³-hybridized carbons (Fsp3) is 0.200. The van der Waals surface area contributed by atoms with Crippen LogP contribution in [0.15, 0.2) is 65.1 Å². The molecule has 140 valence electrons. The van der Waals surface area contributed by atoms with E-state index in [4.69, 9.17) is 4.74 Å². The van der Waals surface area contributed by atoms with Gasteiger partial charge in [-0.3, -0.25) is 0 Å². The molecule has 2 heterocycles. The van der Waals surface area contributed by atoms with Gasteiger partial charge in [0.25, 0.3) is 0 Å². The molecule has 0 bridgehead atoms. The van der Waals surface area contributed by atoms with E-state index in [0.717, 1.165) is 12.1 Å². The van der Waals surface area contributed by atoms with Crippen LogP contribution in [-0.4, -0.2) is 17.5 Å². The summed E-state index contributed by atoms with van der Waals surface area (Å²) in [6, 6.07) is 13.8. The van der Waals surface area contributed by atoms with Gasteiger partial charge in [0.2, 0.25) is 5.88 Å². The van der Waals surface area contributed by atoms with E-state index in [2.05, 4.69) is 26.7 Å². The molecule has 0 spiro atoms. The highest BCUT2D eigenvalue weighted by atomic mass is 32.1. The number of nitrogens with zero attached hydrogens (tertiary/aromatic N) is 2. The lowest BCUT2D eigenvalue weighted by Crippen LogP contribution is -2.36. The molecule has 27 heavy (non-hydrogen) atoms. The molecule has 0 aliphatic heterocycles. The lowest BCUT2D eigenvalue weighted by molar-refractivity contribution is 0.452. The highest BCUT2D eigenvalue weighted by Crippen LogP contribution is 2.23. The third-order valence-electron chi connectivity index (χ3n) is 3.62. The predicted octanol–water partition coefficient (Wildman–Crippen LogP) is 4.33. The van der Waals surface area contributed by atoms with Gasteiger partial charge < -0.3 is 15.4 Å².